The molecular formula is C18H31F3OS. The average Bonchev–Trinajstić information content (AvgIpc) is 2.50. The molecule has 0 bridgehead atoms. The molecule has 0 spiro atoms. The van der Waals surface area contributed by atoms with E-state index < -0.39 is 17.2 Å². The minimum Gasteiger partial charge on any atom is -0.288 e. The fourth-order valence-corrected chi connectivity index (χ4v) is 3.20. The van der Waals surface area contributed by atoms with Crippen molar-refractivity contribution in [2.45, 2.75) is 89.5 Å². The van der Waals surface area contributed by atoms with Gasteiger partial charge in [0.2, 0.25) is 5.78 Å². The zero-order valence-corrected chi connectivity index (χ0v) is 15.3. The maximum absolute atomic E-state index is 12.2. The minimum atomic E-state index is -4.70. The lowest BCUT2D eigenvalue weighted by Gasteiger charge is -2.12. The first-order valence-electron chi connectivity index (χ1n) is 8.77. The summed E-state index contributed by atoms with van der Waals surface area (Å²) in [7, 11) is 0. The Morgan fingerprint density at radius 3 is 2.04 bits per heavy atom. The Balaban J connectivity index is 3.37. The molecular weight excluding hydrogens is 321 g/mol. The van der Waals surface area contributed by atoms with Crippen LogP contribution in [-0.4, -0.2) is 23.0 Å². The van der Waals surface area contributed by atoms with Crippen molar-refractivity contribution < 1.29 is 18.0 Å². The van der Waals surface area contributed by atoms with Crippen molar-refractivity contribution >= 4 is 17.5 Å². The second-order valence-corrected chi connectivity index (χ2v) is 7.35. The number of carbonyl (C=O) groups excluding carboxylic acids is 1. The fraction of sp³-hybridized carbons (Fsp3) is 0.833. The summed E-state index contributed by atoms with van der Waals surface area (Å²) < 4.78 is 36.6. The van der Waals surface area contributed by atoms with Crippen LogP contribution in [0, 0.1) is 0 Å². The lowest BCUT2D eigenvalue weighted by atomic mass is 10.1. The summed E-state index contributed by atoms with van der Waals surface area (Å²) in [5, 5.41) is -0.977. The van der Waals surface area contributed by atoms with Crippen molar-refractivity contribution in [2.75, 3.05) is 5.75 Å². The van der Waals surface area contributed by atoms with Gasteiger partial charge in [0, 0.05) is 0 Å². The Hall–Kier alpha value is -0.450. The summed E-state index contributed by atoms with van der Waals surface area (Å²) in [5.74, 6) is -0.988. The van der Waals surface area contributed by atoms with E-state index in [1.54, 1.807) is 0 Å². The van der Waals surface area contributed by atoms with Gasteiger partial charge in [-0.05, 0) is 38.4 Å². The molecule has 0 N–H and O–H groups in total. The molecule has 0 saturated carbocycles. The summed E-state index contributed by atoms with van der Waals surface area (Å²) in [6, 6.07) is 0. The van der Waals surface area contributed by atoms with Gasteiger partial charge in [0.15, 0.2) is 0 Å². The monoisotopic (exact) mass is 352 g/mol. The normalized spacial score (nSPS) is 13.6. The van der Waals surface area contributed by atoms with E-state index in [-0.39, 0.29) is 0 Å². The molecule has 136 valence electrons. The van der Waals surface area contributed by atoms with Crippen LogP contribution in [0.5, 0.6) is 0 Å². The number of allylic oxidation sites excluding steroid dienone is 2. The molecule has 0 aliphatic rings. The van der Waals surface area contributed by atoms with Gasteiger partial charge in [0.05, 0.1) is 5.25 Å². The highest BCUT2D eigenvalue weighted by molar-refractivity contribution is 8.00. The maximum Gasteiger partial charge on any atom is 0.451 e. The van der Waals surface area contributed by atoms with Crippen LogP contribution in [0.3, 0.4) is 0 Å². The topological polar surface area (TPSA) is 17.1 Å². The van der Waals surface area contributed by atoms with Crippen molar-refractivity contribution in [3.8, 4) is 0 Å². The number of halogens is 3. The first-order chi connectivity index (χ1) is 10.9. The van der Waals surface area contributed by atoms with Crippen molar-refractivity contribution in [1.29, 1.82) is 0 Å². The number of hydrogen-bond donors (Lipinski definition) is 0. The van der Waals surface area contributed by atoms with Crippen LogP contribution in [0.15, 0.2) is 12.2 Å². The zero-order valence-electron chi connectivity index (χ0n) is 14.5. The highest BCUT2D eigenvalue weighted by Gasteiger charge is 2.41. The lowest BCUT2D eigenvalue weighted by molar-refractivity contribution is -0.170. The third-order valence-corrected chi connectivity index (χ3v) is 4.91. The number of carbonyl (C=O) groups is 1. The van der Waals surface area contributed by atoms with E-state index in [1.807, 2.05) is 0 Å². The smallest absolute Gasteiger partial charge is 0.288 e. The van der Waals surface area contributed by atoms with Crippen molar-refractivity contribution in [3.05, 3.63) is 12.2 Å². The summed E-state index contributed by atoms with van der Waals surface area (Å²) in [4.78, 5) is 11.0. The second-order valence-electron chi connectivity index (χ2n) is 5.90. The minimum absolute atomic E-state index is 0.628. The Kier molecular flexibility index (Phi) is 13.7. The van der Waals surface area contributed by atoms with E-state index in [9.17, 15) is 18.0 Å². The fourth-order valence-electron chi connectivity index (χ4n) is 2.20. The van der Waals surface area contributed by atoms with Gasteiger partial charge < -0.3 is 0 Å². The van der Waals surface area contributed by atoms with E-state index in [2.05, 4.69) is 19.1 Å². The van der Waals surface area contributed by atoms with Crippen LogP contribution in [0.4, 0.5) is 13.2 Å². The van der Waals surface area contributed by atoms with E-state index >= 15 is 0 Å². The number of Topliss-reactive ketones (excluding diaryl/α,β-unsaturated/α-hetero) is 1. The summed E-state index contributed by atoms with van der Waals surface area (Å²) in [6.07, 6.45) is 11.3. The van der Waals surface area contributed by atoms with Crippen molar-refractivity contribution in [2.24, 2.45) is 0 Å². The van der Waals surface area contributed by atoms with Gasteiger partial charge >= 0.3 is 6.18 Å². The number of ketones is 1. The van der Waals surface area contributed by atoms with Gasteiger partial charge in [0.1, 0.15) is 0 Å². The maximum atomic E-state index is 12.2. The van der Waals surface area contributed by atoms with E-state index in [0.29, 0.717) is 5.75 Å². The predicted molar refractivity (Wildman–Crippen MR) is 94.0 cm³/mol. The van der Waals surface area contributed by atoms with Crippen molar-refractivity contribution in [3.63, 3.8) is 0 Å². The van der Waals surface area contributed by atoms with E-state index in [4.69, 9.17) is 0 Å². The van der Waals surface area contributed by atoms with Gasteiger partial charge in [-0.25, -0.2) is 0 Å². The number of alkyl halides is 3. The van der Waals surface area contributed by atoms with Gasteiger partial charge in [-0.2, -0.15) is 24.9 Å². The molecule has 0 unspecified atom stereocenters. The van der Waals surface area contributed by atoms with Crippen LogP contribution in [-0.2, 0) is 4.79 Å². The Labute approximate surface area is 143 Å². The van der Waals surface area contributed by atoms with Gasteiger partial charge in [0.25, 0.3) is 0 Å². The molecule has 0 aromatic carbocycles. The van der Waals surface area contributed by atoms with Crippen LogP contribution in [0.1, 0.15) is 78.1 Å². The standard InChI is InChI=1S/C18H31F3OS/c1-3-4-5-6-7-8-9-10-11-12-13-14-15-23-16(2)17(22)18(19,20)21/h6-7,16H,3-5,8-15H2,1-2H3/b7-6-/t16-/m0/s1. The molecule has 0 radical (unpaired) electrons. The number of thioether (sulfide) groups is 1. The molecule has 0 aromatic rings. The molecule has 0 fully saturated rings. The summed E-state index contributed by atoms with van der Waals surface area (Å²) >= 11 is 1.11. The van der Waals surface area contributed by atoms with Crippen molar-refractivity contribution in [1.82, 2.24) is 0 Å². The number of hydrogen-bond acceptors (Lipinski definition) is 2. The quantitative estimate of drug-likeness (QED) is 0.255. The Morgan fingerprint density at radius 1 is 0.957 bits per heavy atom. The van der Waals surface area contributed by atoms with E-state index in [1.165, 1.54) is 45.4 Å². The number of rotatable bonds is 14. The molecule has 1 nitrogen and oxygen atoms in total. The van der Waals surface area contributed by atoms with Crippen LogP contribution in [0.2, 0.25) is 0 Å². The molecule has 0 saturated heterocycles. The molecule has 0 rings (SSSR count). The molecule has 0 heterocycles. The Morgan fingerprint density at radius 2 is 1.48 bits per heavy atom. The molecule has 1 atom stereocenters. The largest absolute Gasteiger partial charge is 0.451 e. The van der Waals surface area contributed by atoms with Gasteiger partial charge in [-0.15, -0.1) is 0 Å². The van der Waals surface area contributed by atoms with Crippen LogP contribution >= 0.6 is 11.8 Å². The third-order valence-electron chi connectivity index (χ3n) is 3.67. The van der Waals surface area contributed by atoms with E-state index in [0.717, 1.165) is 37.4 Å². The molecule has 0 aliphatic heterocycles. The van der Waals surface area contributed by atoms with Gasteiger partial charge in [-0.1, -0.05) is 57.6 Å². The second kappa shape index (κ2) is 13.9. The molecule has 23 heavy (non-hydrogen) atoms. The molecule has 0 amide bonds. The molecule has 0 aliphatic carbocycles. The number of unbranched alkanes of at least 4 members (excludes halogenated alkanes) is 8. The van der Waals surface area contributed by atoms with Crippen LogP contribution < -0.4 is 0 Å². The predicted octanol–water partition coefficient (Wildman–Crippen LogP) is 6.72. The molecule has 0 aromatic heterocycles. The summed E-state index contributed by atoms with van der Waals surface area (Å²) in [6.45, 7) is 3.54. The average molecular weight is 353 g/mol. The van der Waals surface area contributed by atoms with Gasteiger partial charge in [-0.3, -0.25) is 4.79 Å². The first kappa shape index (κ1) is 22.6. The van der Waals surface area contributed by atoms with Crippen LogP contribution in [0.25, 0.3) is 0 Å². The first-order valence-corrected chi connectivity index (χ1v) is 9.82. The lowest BCUT2D eigenvalue weighted by Crippen LogP contribution is -2.30. The highest BCUT2D eigenvalue weighted by Crippen LogP contribution is 2.25. The zero-order chi connectivity index (χ0) is 17.6. The Bertz CT molecular complexity index is 327. The highest BCUT2D eigenvalue weighted by atomic mass is 32.2. The summed E-state index contributed by atoms with van der Waals surface area (Å²) in [5.41, 5.74) is 0. The molecule has 5 heteroatoms. The third kappa shape index (κ3) is 13.7. The SMILES string of the molecule is CCCC/C=C\CCCCCCCCS[C@@H](C)C(=O)C(F)(F)F.